The molecule has 5 aliphatic rings. The standard InChI is InChI=1S/C70H82F3N9O13/c1-39-59(84)32-46(30-47-37-76-55-23-18-49(72)35-54(47)55)65(89)78-57(31-44-15-14-43-16-17-48(71)34-53(43)44)68(92)81-38-50(73)36-58(81)66(90)80-63(40(2)83)67(91)79-56(29-42-10-19-51(94-4)20-11-42)69(93)82-26-7-24-70(82,3)60(85)33-45(64(74)88)28-41-12-21-52(22-13-41)95-27-25-75-61(86)8-5-6-9-62(87)77-39/h10-13,15-23,34-35,37,39-40,45-46,50,56-58,63,76,83H,5-9,14,24-33,36,38H2,1-4H3,(H2,74,88)(H,75,86)(H,77,87)(H,78,89)(H,79,91)(H,80,90)/t39-,40+,45-,46-,50+,56+,57+,58+,63+,70+/m1/s1. The number of benzene rings is 4. The number of Topliss-reactive ketones (excluding diaryl/α,β-unsaturated/α-hetero) is 2. The lowest BCUT2D eigenvalue weighted by Crippen LogP contribution is -2.62. The maximum absolute atomic E-state index is 16.1. The molecule has 9 N–H and O–H groups in total. The van der Waals surface area contributed by atoms with Gasteiger partial charge in [0.1, 0.15) is 60.1 Å². The van der Waals surface area contributed by atoms with Crippen molar-refractivity contribution in [1.29, 1.82) is 0 Å². The van der Waals surface area contributed by atoms with E-state index in [0.717, 1.165) is 4.90 Å². The van der Waals surface area contributed by atoms with Crippen LogP contribution in [0.4, 0.5) is 13.2 Å². The number of ketones is 2. The quantitative estimate of drug-likeness (QED) is 0.0978. The SMILES string of the molecule is COc1ccc(C[C@@H]2NC(=O)[C@H]([C@H](C)O)NC(=O)[C@@H]3C[C@H](F)CN3C(=O)[C@H](CC3=CCc4ccc(F)cc43)NC(=O)[C@H](Cc3c[nH]c4ccc(F)cc34)CC(=O)[C@@H](C)NC(=O)CCCCC(=O)NCCOc3ccc(cc3)C[C@@H](C(N)=O)CC(=O)[C@]3(C)CCCN3C2=O)cc1. The Hall–Kier alpha value is -9.39. The highest BCUT2D eigenvalue weighted by atomic mass is 19.1. The van der Waals surface area contributed by atoms with Gasteiger partial charge in [0, 0.05) is 80.4 Å². The number of allylic oxidation sites excluding steroid dienone is 1. The van der Waals surface area contributed by atoms with Gasteiger partial charge in [0.05, 0.1) is 37.9 Å². The predicted octanol–water partition coefficient (Wildman–Crippen LogP) is 4.88. The Morgan fingerprint density at radius 3 is 2.20 bits per heavy atom. The molecule has 25 heteroatoms. The van der Waals surface area contributed by atoms with Crippen molar-refractivity contribution in [3.8, 4) is 11.5 Å². The zero-order valence-corrected chi connectivity index (χ0v) is 53.6. The summed E-state index contributed by atoms with van der Waals surface area (Å²) in [5, 5.41) is 25.1. The van der Waals surface area contributed by atoms with Crippen LogP contribution in [-0.2, 0) is 73.6 Å². The average Bonchev–Trinajstić information content (AvgIpc) is 1.72. The fraction of sp³-hybridized carbons (Fsp3) is 0.457. The number of nitrogens with one attached hydrogen (secondary N) is 6. The van der Waals surface area contributed by atoms with E-state index in [9.17, 15) is 47.4 Å². The van der Waals surface area contributed by atoms with Crippen LogP contribution in [0.15, 0.2) is 97.2 Å². The lowest BCUT2D eigenvalue weighted by molar-refractivity contribution is -0.147. The van der Waals surface area contributed by atoms with E-state index in [1.165, 1.54) is 56.2 Å². The first-order chi connectivity index (χ1) is 45.4. The van der Waals surface area contributed by atoms with Gasteiger partial charge in [-0.25, -0.2) is 13.2 Å². The second-order valence-corrected chi connectivity index (χ2v) is 25.4. The number of aliphatic hydroxyl groups is 1. The number of methoxy groups -OCH3 is 1. The number of aromatic nitrogens is 1. The zero-order chi connectivity index (χ0) is 68.3. The number of H-pyrrole nitrogens is 1. The summed E-state index contributed by atoms with van der Waals surface area (Å²) in [5.41, 5.74) is 8.10. The fourth-order valence-electron chi connectivity index (χ4n) is 13.1. The molecule has 8 amide bonds. The number of carbonyl (C=O) groups is 10. The van der Waals surface area contributed by atoms with Crippen LogP contribution in [-0.4, -0.2) is 160 Å². The molecule has 0 spiro atoms. The number of rotatable bonds is 9. The minimum atomic E-state index is -1.85. The molecule has 1 aliphatic carbocycles. The average molecular weight is 1310 g/mol. The van der Waals surface area contributed by atoms with Gasteiger partial charge < -0.3 is 61.7 Å². The molecule has 0 unspecified atom stereocenters. The molecule has 2 bridgehead atoms. The number of alkyl halides is 1. The molecule has 4 aromatic carbocycles. The molecule has 0 saturated carbocycles. The maximum atomic E-state index is 16.1. The third-order valence-electron chi connectivity index (χ3n) is 18.5. The van der Waals surface area contributed by atoms with Gasteiger partial charge in [-0.1, -0.05) is 36.4 Å². The number of primary amides is 1. The molecule has 2 saturated heterocycles. The number of hydrogen-bond acceptors (Lipinski definition) is 13. The normalized spacial score (nSPS) is 25.8. The summed E-state index contributed by atoms with van der Waals surface area (Å²) in [4.78, 5) is 148. The van der Waals surface area contributed by atoms with Gasteiger partial charge in [0.25, 0.3) is 0 Å². The lowest BCUT2D eigenvalue weighted by atomic mass is 9.84. The van der Waals surface area contributed by atoms with Crippen molar-refractivity contribution in [2.45, 2.75) is 159 Å². The number of nitrogens with two attached hydrogens (primary N) is 1. The van der Waals surface area contributed by atoms with E-state index in [2.05, 4.69) is 31.6 Å². The van der Waals surface area contributed by atoms with Crippen molar-refractivity contribution in [2.75, 3.05) is 33.4 Å². The number of fused-ring (bicyclic) bond motifs is 31. The molecule has 506 valence electrons. The van der Waals surface area contributed by atoms with Gasteiger partial charge in [-0.05, 0) is 154 Å². The summed E-state index contributed by atoms with van der Waals surface area (Å²) < 4.78 is 57.0. The Morgan fingerprint density at radius 2 is 1.48 bits per heavy atom. The van der Waals surface area contributed by atoms with E-state index in [0.29, 0.717) is 75.1 Å². The highest BCUT2D eigenvalue weighted by Crippen LogP contribution is 2.36. The first-order valence-corrected chi connectivity index (χ1v) is 32.2. The van der Waals surface area contributed by atoms with E-state index in [1.807, 2.05) is 0 Å². The summed E-state index contributed by atoms with van der Waals surface area (Å²) in [5.74, 6) is -9.86. The van der Waals surface area contributed by atoms with Gasteiger partial charge in [-0.3, -0.25) is 47.9 Å². The molecule has 10 atom stereocenters. The molecule has 22 nitrogen and oxygen atoms in total. The van der Waals surface area contributed by atoms with E-state index < -0.39 is 144 Å². The topological polar surface area (TPSA) is 318 Å². The van der Waals surface area contributed by atoms with E-state index in [-0.39, 0.29) is 83.4 Å². The van der Waals surface area contributed by atoms with E-state index >= 15 is 18.8 Å². The highest BCUT2D eigenvalue weighted by molar-refractivity contribution is 6.00. The molecule has 0 radical (unpaired) electrons. The molecule has 1 aromatic heterocycles. The van der Waals surface area contributed by atoms with Crippen LogP contribution in [0.5, 0.6) is 11.5 Å². The van der Waals surface area contributed by atoms with Crippen LogP contribution in [0.3, 0.4) is 0 Å². The summed E-state index contributed by atoms with van der Waals surface area (Å²) in [6, 6.07) is 13.7. The second-order valence-electron chi connectivity index (χ2n) is 25.4. The van der Waals surface area contributed by atoms with Crippen molar-refractivity contribution in [3.05, 3.63) is 137 Å². The molecular formula is C70H82F3N9O13. The van der Waals surface area contributed by atoms with E-state index in [4.69, 9.17) is 15.2 Å². The van der Waals surface area contributed by atoms with Crippen LogP contribution in [0, 0.1) is 23.5 Å². The highest BCUT2D eigenvalue weighted by Gasteiger charge is 2.49. The summed E-state index contributed by atoms with van der Waals surface area (Å²) in [7, 11) is 1.47. The number of halogens is 3. The molecule has 2 fully saturated rings. The summed E-state index contributed by atoms with van der Waals surface area (Å²) in [6.07, 6.45) is -0.838. The van der Waals surface area contributed by atoms with Crippen LogP contribution in [0.1, 0.15) is 113 Å². The number of carbonyl (C=O) groups excluding carboxylic acids is 10. The van der Waals surface area contributed by atoms with Crippen molar-refractivity contribution in [3.63, 3.8) is 0 Å². The number of nitrogens with zero attached hydrogens (tertiary/aromatic N) is 2. The van der Waals surface area contributed by atoms with Crippen LogP contribution in [0.25, 0.3) is 16.5 Å². The summed E-state index contributed by atoms with van der Waals surface area (Å²) in [6.45, 7) is 3.87. The number of hydrogen-bond donors (Lipinski definition) is 8. The minimum absolute atomic E-state index is 0.0506. The Bertz CT molecular complexity index is 3730. The molecule has 5 heterocycles. The molecule has 95 heavy (non-hydrogen) atoms. The Kier molecular flexibility index (Phi) is 23.0. The van der Waals surface area contributed by atoms with E-state index in [1.54, 1.807) is 73.8 Å². The van der Waals surface area contributed by atoms with Gasteiger partial charge in [-0.2, -0.15) is 0 Å². The fourth-order valence-corrected chi connectivity index (χ4v) is 13.1. The van der Waals surface area contributed by atoms with Crippen molar-refractivity contribution < 1.29 is 75.7 Å². The third-order valence-corrected chi connectivity index (χ3v) is 18.5. The van der Waals surface area contributed by atoms with Crippen LogP contribution in [0.2, 0.25) is 0 Å². The van der Waals surface area contributed by atoms with Crippen LogP contribution < -0.4 is 41.8 Å². The first kappa shape index (κ1) is 69.9. The van der Waals surface area contributed by atoms with Crippen molar-refractivity contribution >= 4 is 75.3 Å². The van der Waals surface area contributed by atoms with Gasteiger partial charge >= 0.3 is 0 Å². The minimum Gasteiger partial charge on any atom is -0.497 e. The Labute approximate surface area is 548 Å². The van der Waals surface area contributed by atoms with Crippen molar-refractivity contribution in [1.82, 2.24) is 41.4 Å². The summed E-state index contributed by atoms with van der Waals surface area (Å²) >= 11 is 0. The number of amides is 8. The zero-order valence-electron chi connectivity index (χ0n) is 53.6. The third kappa shape index (κ3) is 17.5. The van der Waals surface area contributed by atoms with Gasteiger partial charge in [0.15, 0.2) is 11.6 Å². The smallest absolute Gasteiger partial charge is 0.246 e. The molecular weight excluding hydrogens is 1230 g/mol. The van der Waals surface area contributed by atoms with Gasteiger partial charge in [0.2, 0.25) is 47.3 Å². The molecule has 10 rings (SSSR count). The number of aliphatic hydroxyl groups excluding tert-OH is 1. The second kappa shape index (κ2) is 31.2. The number of aromatic amines is 1. The monoisotopic (exact) mass is 1310 g/mol. The molecule has 5 aromatic rings. The van der Waals surface area contributed by atoms with Gasteiger partial charge in [-0.15, -0.1) is 0 Å². The first-order valence-electron chi connectivity index (χ1n) is 32.2. The van der Waals surface area contributed by atoms with Crippen molar-refractivity contribution in [2.24, 2.45) is 17.6 Å². The molecule has 4 aliphatic heterocycles. The predicted molar refractivity (Wildman–Crippen MR) is 343 cm³/mol. The maximum Gasteiger partial charge on any atom is 0.246 e. The Morgan fingerprint density at radius 1 is 0.789 bits per heavy atom. The lowest BCUT2D eigenvalue weighted by Gasteiger charge is -2.37. The largest absolute Gasteiger partial charge is 0.497 e. The number of ether oxygens (including phenoxy) is 2. The van der Waals surface area contributed by atoms with Crippen LogP contribution >= 0.6 is 0 Å². The Balaban J connectivity index is 1.03.